The Labute approximate surface area is 113 Å². The summed E-state index contributed by atoms with van der Waals surface area (Å²) in [5, 5.41) is 8.95. The van der Waals surface area contributed by atoms with Crippen LogP contribution < -0.4 is 5.32 Å². The first-order valence-electron chi connectivity index (χ1n) is 4.55. The van der Waals surface area contributed by atoms with Gasteiger partial charge in [-0.05, 0) is 44.0 Å². The Hall–Kier alpha value is -1.21. The van der Waals surface area contributed by atoms with E-state index in [4.69, 9.17) is 0 Å². The third-order valence-electron chi connectivity index (χ3n) is 2.02. The average Bonchev–Trinajstić information content (AvgIpc) is 2.61. The molecular formula is C10H6Br2FN3O. The maximum absolute atomic E-state index is 13.3. The summed E-state index contributed by atoms with van der Waals surface area (Å²) >= 11 is 6.41. The SMILES string of the molecule is O=C(Nc1n[nH]c(Br)c1Br)c1ccccc1F. The number of aromatic nitrogens is 2. The molecule has 1 aromatic carbocycles. The maximum atomic E-state index is 13.3. The number of hydrogen-bond acceptors (Lipinski definition) is 2. The van der Waals surface area contributed by atoms with Gasteiger partial charge >= 0.3 is 0 Å². The number of benzene rings is 1. The van der Waals surface area contributed by atoms with Crippen molar-refractivity contribution in [2.75, 3.05) is 5.32 Å². The highest BCUT2D eigenvalue weighted by Gasteiger charge is 2.15. The Balaban J connectivity index is 2.23. The number of amides is 1. The van der Waals surface area contributed by atoms with Crippen molar-refractivity contribution in [1.29, 1.82) is 0 Å². The van der Waals surface area contributed by atoms with Crippen molar-refractivity contribution >= 4 is 43.6 Å². The first-order chi connectivity index (χ1) is 8.09. The van der Waals surface area contributed by atoms with E-state index in [0.29, 0.717) is 14.9 Å². The van der Waals surface area contributed by atoms with E-state index < -0.39 is 11.7 Å². The fraction of sp³-hybridized carbons (Fsp3) is 0. The summed E-state index contributed by atoms with van der Waals surface area (Å²) in [4.78, 5) is 11.8. The molecule has 1 aromatic heterocycles. The van der Waals surface area contributed by atoms with Gasteiger partial charge in [0.05, 0.1) is 10.0 Å². The van der Waals surface area contributed by atoms with Crippen molar-refractivity contribution in [1.82, 2.24) is 10.2 Å². The van der Waals surface area contributed by atoms with Crippen molar-refractivity contribution in [2.45, 2.75) is 0 Å². The van der Waals surface area contributed by atoms with Gasteiger partial charge in [0, 0.05) is 0 Å². The first kappa shape index (κ1) is 12.3. The van der Waals surface area contributed by atoms with E-state index in [2.05, 4.69) is 47.4 Å². The smallest absolute Gasteiger partial charge is 0.259 e. The molecule has 0 spiro atoms. The van der Waals surface area contributed by atoms with Gasteiger partial charge in [0.2, 0.25) is 0 Å². The van der Waals surface area contributed by atoms with Gasteiger partial charge in [-0.2, -0.15) is 5.10 Å². The molecule has 1 amide bonds. The van der Waals surface area contributed by atoms with Crippen LogP contribution in [0.15, 0.2) is 33.3 Å². The highest BCUT2D eigenvalue weighted by molar-refractivity contribution is 9.13. The summed E-state index contributed by atoms with van der Waals surface area (Å²) in [5.41, 5.74) is -0.0291. The van der Waals surface area contributed by atoms with E-state index in [1.807, 2.05) is 0 Å². The summed E-state index contributed by atoms with van der Waals surface area (Å²) in [6, 6.07) is 5.74. The lowest BCUT2D eigenvalue weighted by Gasteiger charge is -2.03. The third kappa shape index (κ3) is 2.55. The predicted molar refractivity (Wildman–Crippen MR) is 68.3 cm³/mol. The van der Waals surface area contributed by atoms with Crippen LogP contribution in [0.2, 0.25) is 0 Å². The lowest BCUT2D eigenvalue weighted by Crippen LogP contribution is -2.14. The molecule has 88 valence electrons. The fourth-order valence-electron chi connectivity index (χ4n) is 1.21. The standard InChI is InChI=1S/C10H6Br2FN3O/c11-7-8(12)15-16-9(7)14-10(17)5-3-1-2-4-6(5)13/h1-4H,(H2,14,15,16,17). The molecule has 0 aliphatic carbocycles. The molecule has 1 heterocycles. The van der Waals surface area contributed by atoms with Crippen molar-refractivity contribution in [3.05, 3.63) is 44.7 Å². The maximum Gasteiger partial charge on any atom is 0.259 e. The number of rotatable bonds is 2. The van der Waals surface area contributed by atoms with Crippen molar-refractivity contribution in [3.63, 3.8) is 0 Å². The van der Waals surface area contributed by atoms with E-state index >= 15 is 0 Å². The monoisotopic (exact) mass is 361 g/mol. The van der Waals surface area contributed by atoms with Crippen LogP contribution in [0.4, 0.5) is 10.2 Å². The Morgan fingerprint density at radius 1 is 1.35 bits per heavy atom. The molecule has 0 radical (unpaired) electrons. The minimum atomic E-state index is -0.573. The molecule has 0 unspecified atom stereocenters. The summed E-state index contributed by atoms with van der Waals surface area (Å²) in [6.07, 6.45) is 0. The number of halogens is 3. The Bertz CT molecular complexity index is 570. The van der Waals surface area contributed by atoms with Gasteiger partial charge in [0.25, 0.3) is 5.91 Å². The van der Waals surface area contributed by atoms with Crippen LogP contribution in [0.1, 0.15) is 10.4 Å². The minimum Gasteiger partial charge on any atom is -0.304 e. The van der Waals surface area contributed by atoms with E-state index in [0.717, 1.165) is 0 Å². The number of carbonyl (C=O) groups is 1. The number of H-pyrrole nitrogens is 1. The second-order valence-corrected chi connectivity index (χ2v) is 4.72. The molecule has 7 heteroatoms. The molecule has 0 bridgehead atoms. The summed E-state index contributed by atoms with van der Waals surface area (Å²) in [7, 11) is 0. The molecule has 0 aliphatic rings. The summed E-state index contributed by atoms with van der Waals surface area (Å²) < 4.78 is 14.5. The van der Waals surface area contributed by atoms with Gasteiger partial charge < -0.3 is 5.32 Å². The summed E-state index contributed by atoms with van der Waals surface area (Å²) in [6.45, 7) is 0. The Kier molecular flexibility index (Phi) is 3.58. The molecule has 2 N–H and O–H groups in total. The zero-order chi connectivity index (χ0) is 12.4. The minimum absolute atomic E-state index is 0.0291. The third-order valence-corrected chi connectivity index (χ3v) is 3.89. The molecule has 0 saturated heterocycles. The predicted octanol–water partition coefficient (Wildman–Crippen LogP) is 3.33. The van der Waals surface area contributed by atoms with Crippen LogP contribution in [0.25, 0.3) is 0 Å². The number of aromatic amines is 1. The lowest BCUT2D eigenvalue weighted by molar-refractivity contribution is 0.102. The number of anilines is 1. The molecule has 0 aliphatic heterocycles. The fourth-order valence-corrected chi connectivity index (χ4v) is 1.76. The largest absolute Gasteiger partial charge is 0.304 e. The van der Waals surface area contributed by atoms with Crippen LogP contribution in [-0.4, -0.2) is 16.1 Å². The zero-order valence-corrected chi connectivity index (χ0v) is 11.5. The van der Waals surface area contributed by atoms with E-state index in [-0.39, 0.29) is 5.56 Å². The van der Waals surface area contributed by atoms with E-state index in [1.54, 1.807) is 6.07 Å². The second-order valence-electron chi connectivity index (χ2n) is 3.13. The van der Waals surface area contributed by atoms with Gasteiger partial charge in [0.15, 0.2) is 5.82 Å². The molecule has 17 heavy (non-hydrogen) atoms. The number of carbonyl (C=O) groups excluding carboxylic acids is 1. The quantitative estimate of drug-likeness (QED) is 0.860. The van der Waals surface area contributed by atoms with Crippen LogP contribution in [0.3, 0.4) is 0 Å². The molecule has 2 rings (SSSR count). The second kappa shape index (κ2) is 4.97. The number of nitrogens with zero attached hydrogens (tertiary/aromatic N) is 1. The molecule has 0 fully saturated rings. The Morgan fingerprint density at radius 2 is 2.06 bits per heavy atom. The van der Waals surface area contributed by atoms with Crippen molar-refractivity contribution in [3.8, 4) is 0 Å². The molecule has 0 atom stereocenters. The van der Waals surface area contributed by atoms with Gasteiger partial charge in [-0.1, -0.05) is 12.1 Å². The highest BCUT2D eigenvalue weighted by atomic mass is 79.9. The zero-order valence-electron chi connectivity index (χ0n) is 8.30. The molecule has 0 saturated carbocycles. The van der Waals surface area contributed by atoms with Crippen LogP contribution >= 0.6 is 31.9 Å². The first-order valence-corrected chi connectivity index (χ1v) is 6.13. The topological polar surface area (TPSA) is 57.8 Å². The van der Waals surface area contributed by atoms with Crippen LogP contribution in [-0.2, 0) is 0 Å². The van der Waals surface area contributed by atoms with E-state index in [1.165, 1.54) is 18.2 Å². The van der Waals surface area contributed by atoms with Gasteiger partial charge in [0.1, 0.15) is 10.4 Å². The Morgan fingerprint density at radius 3 is 2.65 bits per heavy atom. The normalized spacial score (nSPS) is 10.3. The molecule has 2 aromatic rings. The van der Waals surface area contributed by atoms with Gasteiger partial charge in [-0.3, -0.25) is 9.89 Å². The van der Waals surface area contributed by atoms with Crippen molar-refractivity contribution < 1.29 is 9.18 Å². The lowest BCUT2D eigenvalue weighted by atomic mass is 10.2. The van der Waals surface area contributed by atoms with Gasteiger partial charge in [-0.15, -0.1) is 0 Å². The average molecular weight is 363 g/mol. The molecule has 4 nitrogen and oxygen atoms in total. The van der Waals surface area contributed by atoms with Crippen LogP contribution in [0.5, 0.6) is 0 Å². The highest BCUT2D eigenvalue weighted by Crippen LogP contribution is 2.28. The van der Waals surface area contributed by atoms with Crippen LogP contribution in [0, 0.1) is 5.82 Å². The van der Waals surface area contributed by atoms with E-state index in [9.17, 15) is 9.18 Å². The number of nitrogens with one attached hydrogen (secondary N) is 2. The molecular weight excluding hydrogens is 357 g/mol. The number of hydrogen-bond donors (Lipinski definition) is 2. The summed E-state index contributed by atoms with van der Waals surface area (Å²) in [5.74, 6) is -0.830. The van der Waals surface area contributed by atoms with Gasteiger partial charge in [-0.25, -0.2) is 4.39 Å². The van der Waals surface area contributed by atoms with Crippen molar-refractivity contribution in [2.24, 2.45) is 0 Å².